The molecule has 0 saturated heterocycles. The molecule has 19 heavy (non-hydrogen) atoms. The van der Waals surface area contributed by atoms with Gasteiger partial charge in [0.15, 0.2) is 0 Å². The number of carbonyl (C=O) groups is 1. The van der Waals surface area contributed by atoms with Gasteiger partial charge in [0.25, 0.3) is 5.56 Å². The molecular formula is C13H16N2O3S. The molecule has 0 amide bonds. The van der Waals surface area contributed by atoms with Gasteiger partial charge in [-0.25, -0.2) is 4.98 Å². The van der Waals surface area contributed by atoms with Crippen molar-refractivity contribution < 1.29 is 9.53 Å². The predicted molar refractivity (Wildman–Crippen MR) is 74.6 cm³/mol. The molecule has 0 spiro atoms. The maximum Gasteiger partial charge on any atom is 0.305 e. The van der Waals surface area contributed by atoms with Crippen LogP contribution in [-0.2, 0) is 16.1 Å². The summed E-state index contributed by atoms with van der Waals surface area (Å²) in [5.74, 6) is -0.260. The quantitative estimate of drug-likeness (QED) is 0.804. The molecule has 0 bridgehead atoms. The van der Waals surface area contributed by atoms with Gasteiger partial charge in [0.05, 0.1) is 18.8 Å². The Morgan fingerprint density at radius 1 is 1.47 bits per heavy atom. The van der Waals surface area contributed by atoms with Crippen molar-refractivity contribution in [1.29, 1.82) is 0 Å². The third-order valence-electron chi connectivity index (χ3n) is 3.16. The normalized spacial score (nSPS) is 10.9. The number of nitrogens with zero attached hydrogens (tertiary/aromatic N) is 2. The van der Waals surface area contributed by atoms with E-state index in [9.17, 15) is 9.59 Å². The largest absolute Gasteiger partial charge is 0.469 e. The number of methoxy groups -OCH3 is 1. The predicted octanol–water partition coefficient (Wildman–Crippen LogP) is 2.03. The maximum atomic E-state index is 12.3. The van der Waals surface area contributed by atoms with Crippen LogP contribution in [0.5, 0.6) is 0 Å². The Labute approximate surface area is 114 Å². The third-order valence-corrected chi connectivity index (χ3v) is 4.28. The molecule has 0 N–H and O–H groups in total. The Bertz CT molecular complexity index is 672. The van der Waals surface area contributed by atoms with Crippen molar-refractivity contribution in [3.05, 3.63) is 27.1 Å². The van der Waals surface area contributed by atoms with Crippen LogP contribution >= 0.6 is 11.3 Å². The van der Waals surface area contributed by atoms with Gasteiger partial charge in [-0.3, -0.25) is 14.2 Å². The molecule has 0 atom stereocenters. The molecule has 0 aliphatic carbocycles. The fourth-order valence-electron chi connectivity index (χ4n) is 1.93. The zero-order valence-corrected chi connectivity index (χ0v) is 12.0. The number of fused-ring (bicyclic) bond motifs is 1. The molecule has 5 nitrogen and oxygen atoms in total. The molecule has 0 fully saturated rings. The maximum absolute atomic E-state index is 12.3. The monoisotopic (exact) mass is 280 g/mol. The standard InChI is InChI=1S/C13H16N2O3S/c1-8-9(2)19-12-11(8)13(17)15(7-14-12)6-4-5-10(16)18-3/h7H,4-6H2,1-3H3. The highest BCUT2D eigenvalue weighted by atomic mass is 32.1. The molecule has 0 saturated carbocycles. The number of carbonyl (C=O) groups excluding carboxylic acids is 1. The second-order valence-electron chi connectivity index (χ2n) is 4.39. The van der Waals surface area contributed by atoms with Crippen molar-refractivity contribution in [2.45, 2.75) is 33.2 Å². The van der Waals surface area contributed by atoms with Crippen LogP contribution in [0.15, 0.2) is 11.1 Å². The van der Waals surface area contributed by atoms with Crippen LogP contribution in [0.1, 0.15) is 23.3 Å². The molecule has 0 aliphatic heterocycles. The van der Waals surface area contributed by atoms with Gasteiger partial charge < -0.3 is 4.74 Å². The van der Waals surface area contributed by atoms with E-state index in [0.717, 1.165) is 15.3 Å². The van der Waals surface area contributed by atoms with Gasteiger partial charge in [-0.1, -0.05) is 0 Å². The van der Waals surface area contributed by atoms with Crippen molar-refractivity contribution in [2.24, 2.45) is 0 Å². The van der Waals surface area contributed by atoms with Crippen LogP contribution in [0.25, 0.3) is 10.2 Å². The van der Waals surface area contributed by atoms with Gasteiger partial charge in [0.1, 0.15) is 4.83 Å². The smallest absolute Gasteiger partial charge is 0.305 e. The van der Waals surface area contributed by atoms with E-state index >= 15 is 0 Å². The number of esters is 1. The second kappa shape index (κ2) is 5.52. The molecule has 2 aromatic rings. The lowest BCUT2D eigenvalue weighted by Gasteiger charge is -2.04. The number of hydrogen-bond acceptors (Lipinski definition) is 5. The Balaban J connectivity index is 2.25. The number of rotatable bonds is 4. The van der Waals surface area contributed by atoms with Crippen molar-refractivity contribution in [1.82, 2.24) is 9.55 Å². The highest BCUT2D eigenvalue weighted by molar-refractivity contribution is 7.18. The van der Waals surface area contributed by atoms with E-state index in [1.807, 2.05) is 13.8 Å². The van der Waals surface area contributed by atoms with E-state index in [-0.39, 0.29) is 11.5 Å². The molecule has 2 aromatic heterocycles. The average molecular weight is 280 g/mol. The summed E-state index contributed by atoms with van der Waals surface area (Å²) in [6.07, 6.45) is 2.43. The van der Waals surface area contributed by atoms with E-state index in [0.29, 0.717) is 24.8 Å². The fraction of sp³-hybridized carbons (Fsp3) is 0.462. The van der Waals surface area contributed by atoms with Crippen LogP contribution in [-0.4, -0.2) is 22.6 Å². The van der Waals surface area contributed by atoms with E-state index in [1.54, 1.807) is 10.9 Å². The second-order valence-corrected chi connectivity index (χ2v) is 5.59. The Morgan fingerprint density at radius 3 is 2.89 bits per heavy atom. The molecule has 0 unspecified atom stereocenters. The lowest BCUT2D eigenvalue weighted by molar-refractivity contribution is -0.140. The third kappa shape index (κ3) is 2.68. The van der Waals surface area contributed by atoms with E-state index < -0.39 is 0 Å². The van der Waals surface area contributed by atoms with Crippen LogP contribution < -0.4 is 5.56 Å². The van der Waals surface area contributed by atoms with Crippen LogP contribution in [0.2, 0.25) is 0 Å². The molecular weight excluding hydrogens is 264 g/mol. The number of hydrogen-bond donors (Lipinski definition) is 0. The zero-order chi connectivity index (χ0) is 14.0. The summed E-state index contributed by atoms with van der Waals surface area (Å²) in [7, 11) is 1.36. The molecule has 2 rings (SSSR count). The highest BCUT2D eigenvalue weighted by Crippen LogP contribution is 2.25. The first-order valence-electron chi connectivity index (χ1n) is 6.06. The summed E-state index contributed by atoms with van der Waals surface area (Å²) >= 11 is 1.54. The number of thiophene rings is 1. The SMILES string of the molecule is COC(=O)CCCn1cnc2sc(C)c(C)c2c1=O. The molecule has 0 radical (unpaired) electrons. The van der Waals surface area contributed by atoms with Crippen molar-refractivity contribution >= 4 is 27.5 Å². The van der Waals surface area contributed by atoms with Crippen molar-refractivity contribution in [2.75, 3.05) is 7.11 Å². The van der Waals surface area contributed by atoms with E-state index in [2.05, 4.69) is 9.72 Å². The summed E-state index contributed by atoms with van der Waals surface area (Å²) in [4.78, 5) is 29.6. The summed E-state index contributed by atoms with van der Waals surface area (Å²) in [6, 6.07) is 0. The number of ether oxygens (including phenoxy) is 1. The number of aromatic nitrogens is 2. The lowest BCUT2D eigenvalue weighted by Crippen LogP contribution is -2.21. The van der Waals surface area contributed by atoms with Gasteiger partial charge in [-0.05, 0) is 25.8 Å². The van der Waals surface area contributed by atoms with Gasteiger partial charge in [-0.15, -0.1) is 11.3 Å². The topological polar surface area (TPSA) is 61.2 Å². The van der Waals surface area contributed by atoms with E-state index in [1.165, 1.54) is 18.4 Å². The molecule has 0 aliphatic rings. The Morgan fingerprint density at radius 2 is 2.21 bits per heavy atom. The highest BCUT2D eigenvalue weighted by Gasteiger charge is 2.12. The minimum Gasteiger partial charge on any atom is -0.469 e. The summed E-state index contributed by atoms with van der Waals surface area (Å²) < 4.78 is 6.13. The van der Waals surface area contributed by atoms with Gasteiger partial charge in [0.2, 0.25) is 0 Å². The molecule has 2 heterocycles. The minimum atomic E-state index is -0.260. The minimum absolute atomic E-state index is 0.0308. The van der Waals surface area contributed by atoms with Crippen LogP contribution in [0.4, 0.5) is 0 Å². The van der Waals surface area contributed by atoms with Crippen molar-refractivity contribution in [3.8, 4) is 0 Å². The first-order valence-corrected chi connectivity index (χ1v) is 6.88. The van der Waals surface area contributed by atoms with Crippen LogP contribution in [0, 0.1) is 13.8 Å². The van der Waals surface area contributed by atoms with Gasteiger partial charge in [-0.2, -0.15) is 0 Å². The van der Waals surface area contributed by atoms with E-state index in [4.69, 9.17) is 0 Å². The van der Waals surface area contributed by atoms with Gasteiger partial charge in [0, 0.05) is 17.8 Å². The first kappa shape index (κ1) is 13.7. The summed E-state index contributed by atoms with van der Waals surface area (Å²) in [6.45, 7) is 4.41. The average Bonchev–Trinajstić information content (AvgIpc) is 2.68. The fourth-order valence-corrected chi connectivity index (χ4v) is 2.91. The van der Waals surface area contributed by atoms with Gasteiger partial charge >= 0.3 is 5.97 Å². The summed E-state index contributed by atoms with van der Waals surface area (Å²) in [5, 5.41) is 0.697. The Kier molecular flexibility index (Phi) is 3.99. The van der Waals surface area contributed by atoms with Crippen LogP contribution in [0.3, 0.4) is 0 Å². The Hall–Kier alpha value is -1.69. The number of aryl methyl sites for hydroxylation is 3. The summed E-state index contributed by atoms with van der Waals surface area (Å²) in [5.41, 5.74) is 0.969. The lowest BCUT2D eigenvalue weighted by atomic mass is 10.2. The zero-order valence-electron chi connectivity index (χ0n) is 11.2. The first-order chi connectivity index (χ1) is 9.04. The van der Waals surface area contributed by atoms with Crippen molar-refractivity contribution in [3.63, 3.8) is 0 Å². The molecule has 6 heteroatoms. The molecule has 0 aromatic carbocycles. The molecule has 102 valence electrons.